The van der Waals surface area contributed by atoms with E-state index in [1.807, 2.05) is 25.2 Å². The van der Waals surface area contributed by atoms with Crippen LogP contribution in [0.25, 0.3) is 16.7 Å². The van der Waals surface area contributed by atoms with Crippen LogP contribution in [0.3, 0.4) is 0 Å². The minimum Gasteiger partial charge on any atom is -0.493 e. The number of aryl methyl sites for hydroxylation is 1. The molecule has 8 nitrogen and oxygen atoms in total. The first-order valence-corrected chi connectivity index (χ1v) is 7.42. The molecule has 0 unspecified atom stereocenters. The zero-order valence-corrected chi connectivity index (χ0v) is 13.6. The van der Waals surface area contributed by atoms with Crippen molar-refractivity contribution in [1.29, 1.82) is 0 Å². The van der Waals surface area contributed by atoms with Gasteiger partial charge in [-0.2, -0.15) is 5.10 Å². The molecule has 0 saturated heterocycles. The molecule has 0 fully saturated rings. The van der Waals surface area contributed by atoms with Gasteiger partial charge in [0.25, 0.3) is 0 Å². The lowest BCUT2D eigenvalue weighted by Crippen LogP contribution is -1.96. The third-order valence-electron chi connectivity index (χ3n) is 3.92. The first kappa shape index (κ1) is 14.4. The summed E-state index contributed by atoms with van der Waals surface area (Å²) in [6.45, 7) is 0. The first-order valence-electron chi connectivity index (χ1n) is 7.42. The van der Waals surface area contributed by atoms with E-state index in [1.165, 1.54) is 0 Å². The van der Waals surface area contributed by atoms with Crippen molar-refractivity contribution in [3.8, 4) is 11.5 Å². The molecule has 8 heteroatoms. The fraction of sp³-hybridized carbons (Fsp3) is 0.250. The van der Waals surface area contributed by atoms with Crippen LogP contribution in [0.4, 0.5) is 0 Å². The number of ether oxygens (including phenoxy) is 2. The van der Waals surface area contributed by atoms with Crippen LogP contribution in [0.2, 0.25) is 0 Å². The van der Waals surface area contributed by atoms with Crippen molar-refractivity contribution >= 4 is 16.7 Å². The largest absolute Gasteiger partial charge is 0.493 e. The van der Waals surface area contributed by atoms with E-state index in [2.05, 4.69) is 20.2 Å². The van der Waals surface area contributed by atoms with Gasteiger partial charge in [0.05, 0.1) is 25.8 Å². The minimum atomic E-state index is 0.587. The summed E-state index contributed by atoms with van der Waals surface area (Å²) in [7, 11) is 5.09. The number of hydrogen-bond acceptors (Lipinski definition) is 6. The molecule has 24 heavy (non-hydrogen) atoms. The predicted octanol–water partition coefficient (Wildman–Crippen LogP) is 1.62. The smallest absolute Gasteiger partial charge is 0.170 e. The summed E-state index contributed by atoms with van der Waals surface area (Å²) in [5, 5.41) is 9.60. The summed E-state index contributed by atoms with van der Waals surface area (Å²) >= 11 is 0. The molecule has 0 spiro atoms. The minimum absolute atomic E-state index is 0.587. The van der Waals surface area contributed by atoms with E-state index < -0.39 is 0 Å². The molecule has 0 aliphatic carbocycles. The second-order valence-electron chi connectivity index (χ2n) is 5.41. The van der Waals surface area contributed by atoms with Gasteiger partial charge in [-0.15, -0.1) is 5.10 Å². The van der Waals surface area contributed by atoms with Crippen molar-refractivity contribution in [3.63, 3.8) is 0 Å². The third-order valence-corrected chi connectivity index (χ3v) is 3.92. The second-order valence-corrected chi connectivity index (χ2v) is 5.41. The van der Waals surface area contributed by atoms with Crippen molar-refractivity contribution in [2.24, 2.45) is 7.05 Å². The molecule has 4 rings (SSSR count). The van der Waals surface area contributed by atoms with E-state index in [-0.39, 0.29) is 0 Å². The fourth-order valence-corrected chi connectivity index (χ4v) is 2.73. The Morgan fingerprint density at radius 3 is 2.71 bits per heavy atom. The zero-order valence-electron chi connectivity index (χ0n) is 13.6. The standard InChI is InChI=1S/C16H16N6O2/c1-21-15-11(8-18-21)16-19-14(20-22(16)9-17-15)7-10-4-5-12(23-2)13(6-10)24-3/h4-6,8-9H,7H2,1-3H3. The van der Waals surface area contributed by atoms with Gasteiger partial charge in [-0.25, -0.2) is 14.5 Å². The van der Waals surface area contributed by atoms with Gasteiger partial charge in [-0.1, -0.05) is 6.07 Å². The Bertz CT molecular complexity index is 1040. The number of fused-ring (bicyclic) bond motifs is 3. The maximum absolute atomic E-state index is 5.34. The zero-order chi connectivity index (χ0) is 16.7. The lowest BCUT2D eigenvalue weighted by molar-refractivity contribution is 0.354. The average molecular weight is 324 g/mol. The summed E-state index contributed by atoms with van der Waals surface area (Å²) in [4.78, 5) is 9.00. The summed E-state index contributed by atoms with van der Waals surface area (Å²) < 4.78 is 14.0. The quantitative estimate of drug-likeness (QED) is 0.567. The lowest BCUT2D eigenvalue weighted by Gasteiger charge is -2.08. The monoisotopic (exact) mass is 324 g/mol. The van der Waals surface area contributed by atoms with Gasteiger partial charge in [0, 0.05) is 13.5 Å². The molecule has 0 radical (unpaired) electrons. The Morgan fingerprint density at radius 2 is 1.92 bits per heavy atom. The van der Waals surface area contributed by atoms with E-state index in [9.17, 15) is 0 Å². The molecule has 3 heterocycles. The van der Waals surface area contributed by atoms with Gasteiger partial charge in [-0.3, -0.25) is 4.68 Å². The number of nitrogens with zero attached hydrogens (tertiary/aromatic N) is 6. The van der Waals surface area contributed by atoms with Crippen molar-refractivity contribution < 1.29 is 9.47 Å². The van der Waals surface area contributed by atoms with Gasteiger partial charge in [0.2, 0.25) is 0 Å². The maximum Gasteiger partial charge on any atom is 0.170 e. The van der Waals surface area contributed by atoms with Crippen LogP contribution in [0.1, 0.15) is 11.4 Å². The van der Waals surface area contributed by atoms with Gasteiger partial charge >= 0.3 is 0 Å². The highest BCUT2D eigenvalue weighted by molar-refractivity contribution is 5.88. The molecule has 3 aromatic heterocycles. The van der Waals surface area contributed by atoms with E-state index >= 15 is 0 Å². The number of methoxy groups -OCH3 is 2. The third kappa shape index (κ3) is 2.23. The van der Waals surface area contributed by atoms with Crippen molar-refractivity contribution in [3.05, 3.63) is 42.1 Å². The molecule has 4 aromatic rings. The summed E-state index contributed by atoms with van der Waals surface area (Å²) in [5.74, 6) is 2.10. The fourth-order valence-electron chi connectivity index (χ4n) is 2.73. The molecule has 0 aliphatic rings. The van der Waals surface area contributed by atoms with Crippen LogP contribution < -0.4 is 9.47 Å². The molecule has 0 bridgehead atoms. The molecule has 0 saturated carbocycles. The van der Waals surface area contributed by atoms with Crippen LogP contribution in [-0.2, 0) is 13.5 Å². The summed E-state index contributed by atoms with van der Waals surface area (Å²) in [6.07, 6.45) is 4.00. The van der Waals surface area contributed by atoms with E-state index in [4.69, 9.17) is 9.47 Å². The van der Waals surface area contributed by atoms with E-state index in [0.717, 1.165) is 22.2 Å². The van der Waals surface area contributed by atoms with Gasteiger partial charge in [0.1, 0.15) is 6.33 Å². The number of hydrogen-bond donors (Lipinski definition) is 0. The second kappa shape index (κ2) is 5.48. The topological polar surface area (TPSA) is 79.4 Å². The normalized spacial score (nSPS) is 11.3. The van der Waals surface area contributed by atoms with Crippen LogP contribution in [-0.4, -0.2) is 43.6 Å². The highest BCUT2D eigenvalue weighted by Gasteiger charge is 2.12. The van der Waals surface area contributed by atoms with Crippen LogP contribution in [0, 0.1) is 0 Å². The highest BCUT2D eigenvalue weighted by Crippen LogP contribution is 2.28. The Labute approximate surface area is 137 Å². The maximum atomic E-state index is 5.34. The van der Waals surface area contributed by atoms with Gasteiger partial charge < -0.3 is 9.47 Å². The molecule has 0 amide bonds. The van der Waals surface area contributed by atoms with Crippen LogP contribution in [0.5, 0.6) is 11.5 Å². The molecule has 122 valence electrons. The van der Waals surface area contributed by atoms with E-state index in [1.54, 1.807) is 35.9 Å². The number of benzene rings is 1. The van der Waals surface area contributed by atoms with Gasteiger partial charge in [-0.05, 0) is 17.7 Å². The van der Waals surface area contributed by atoms with Crippen molar-refractivity contribution in [1.82, 2.24) is 29.4 Å². The Balaban J connectivity index is 1.73. The van der Waals surface area contributed by atoms with Crippen molar-refractivity contribution in [2.45, 2.75) is 6.42 Å². The molecule has 0 N–H and O–H groups in total. The average Bonchev–Trinajstić information content (AvgIpc) is 3.17. The molecule has 0 aliphatic heterocycles. The molecule has 0 atom stereocenters. The molecular formula is C16H16N6O2. The SMILES string of the molecule is COc1ccc(Cc2nc3c4cnn(C)c4ncn3n2)cc1OC. The lowest BCUT2D eigenvalue weighted by atomic mass is 10.1. The Kier molecular flexibility index (Phi) is 3.30. The van der Waals surface area contributed by atoms with Crippen LogP contribution >= 0.6 is 0 Å². The van der Waals surface area contributed by atoms with Gasteiger partial charge in [0.15, 0.2) is 28.6 Å². The first-order chi connectivity index (χ1) is 11.7. The highest BCUT2D eigenvalue weighted by atomic mass is 16.5. The molecule has 1 aromatic carbocycles. The van der Waals surface area contributed by atoms with Crippen molar-refractivity contribution in [2.75, 3.05) is 14.2 Å². The predicted molar refractivity (Wildman–Crippen MR) is 87.4 cm³/mol. The number of aromatic nitrogens is 6. The van der Waals surface area contributed by atoms with E-state index in [0.29, 0.717) is 23.7 Å². The Morgan fingerprint density at radius 1 is 1.08 bits per heavy atom. The summed E-state index contributed by atoms with van der Waals surface area (Å²) in [6, 6.07) is 5.79. The Hall–Kier alpha value is -3.16. The molecular weight excluding hydrogens is 308 g/mol. The summed E-state index contributed by atoms with van der Waals surface area (Å²) in [5.41, 5.74) is 2.58. The van der Waals surface area contributed by atoms with Crippen LogP contribution in [0.15, 0.2) is 30.7 Å². The number of rotatable bonds is 4.